The molecule has 0 N–H and O–H groups in total. The first-order chi connectivity index (χ1) is 12.2. The molecule has 1 saturated heterocycles. The van der Waals surface area contributed by atoms with Crippen molar-refractivity contribution >= 4 is 5.82 Å². The van der Waals surface area contributed by atoms with Gasteiger partial charge in [0.15, 0.2) is 0 Å². The first kappa shape index (κ1) is 16.3. The van der Waals surface area contributed by atoms with Crippen molar-refractivity contribution in [1.29, 1.82) is 0 Å². The van der Waals surface area contributed by atoms with Gasteiger partial charge in [0.1, 0.15) is 18.0 Å². The number of nitrogens with zero attached hydrogens (tertiary/aromatic N) is 4. The maximum Gasteiger partial charge on any atom is 0.218 e. The van der Waals surface area contributed by atoms with Gasteiger partial charge in [-0.25, -0.2) is 14.4 Å². The van der Waals surface area contributed by atoms with E-state index in [1.54, 1.807) is 13.4 Å². The van der Waals surface area contributed by atoms with Gasteiger partial charge < -0.3 is 9.64 Å². The monoisotopic (exact) mass is 342 g/mol. The lowest BCUT2D eigenvalue weighted by Crippen LogP contribution is -2.39. The lowest BCUT2D eigenvalue weighted by molar-refractivity contribution is 0.324. The number of methoxy groups -OCH3 is 1. The molecule has 1 aromatic carbocycles. The molecule has 1 unspecified atom stereocenters. The van der Waals surface area contributed by atoms with E-state index in [-0.39, 0.29) is 5.82 Å². The van der Waals surface area contributed by atoms with Crippen LogP contribution in [0.2, 0.25) is 0 Å². The van der Waals surface area contributed by atoms with Crippen molar-refractivity contribution in [3.05, 3.63) is 48.0 Å². The minimum atomic E-state index is -0.180. The lowest BCUT2D eigenvalue weighted by atomic mass is 10.2. The van der Waals surface area contributed by atoms with E-state index in [0.717, 1.165) is 37.4 Å². The second-order valence-corrected chi connectivity index (χ2v) is 6.86. The molecule has 6 heteroatoms. The summed E-state index contributed by atoms with van der Waals surface area (Å²) in [5.74, 6) is 1.39. The number of hydrogen-bond donors (Lipinski definition) is 0. The Morgan fingerprint density at radius 2 is 1.96 bits per heavy atom. The van der Waals surface area contributed by atoms with Crippen LogP contribution in [-0.4, -0.2) is 47.2 Å². The Balaban J connectivity index is 1.45. The van der Waals surface area contributed by atoms with E-state index in [4.69, 9.17) is 4.74 Å². The van der Waals surface area contributed by atoms with Gasteiger partial charge in [-0.15, -0.1) is 0 Å². The molecular weight excluding hydrogens is 319 g/mol. The van der Waals surface area contributed by atoms with Gasteiger partial charge in [-0.2, -0.15) is 0 Å². The summed E-state index contributed by atoms with van der Waals surface area (Å²) < 4.78 is 18.3. The van der Waals surface area contributed by atoms with Gasteiger partial charge in [0.25, 0.3) is 0 Å². The van der Waals surface area contributed by atoms with E-state index in [1.807, 2.05) is 18.2 Å². The van der Waals surface area contributed by atoms with Gasteiger partial charge in [-0.05, 0) is 37.0 Å². The van der Waals surface area contributed by atoms with Crippen LogP contribution in [0.25, 0.3) is 0 Å². The molecule has 0 bridgehead atoms. The Morgan fingerprint density at radius 3 is 2.68 bits per heavy atom. The van der Waals surface area contributed by atoms with Gasteiger partial charge in [0.05, 0.1) is 7.11 Å². The summed E-state index contributed by atoms with van der Waals surface area (Å²) >= 11 is 0. The number of benzene rings is 1. The lowest BCUT2D eigenvalue weighted by Gasteiger charge is -2.30. The maximum absolute atomic E-state index is 13.1. The molecule has 1 atom stereocenters. The average molecular weight is 342 g/mol. The topological polar surface area (TPSA) is 41.5 Å². The van der Waals surface area contributed by atoms with Crippen LogP contribution < -0.4 is 9.64 Å². The molecule has 2 aromatic rings. The van der Waals surface area contributed by atoms with Crippen molar-refractivity contribution < 1.29 is 9.13 Å². The zero-order valence-electron chi connectivity index (χ0n) is 14.4. The number of likely N-dealkylation sites (tertiary alicyclic amines) is 1. The van der Waals surface area contributed by atoms with Gasteiger partial charge in [0.2, 0.25) is 5.88 Å². The standard InChI is InChI=1S/C19H23FN4O/c1-25-19-10-18(21-13-22-19)24(16-6-7-16)17-8-9-23(12-17)11-14-2-4-15(20)5-3-14/h2-5,10,13,16-17H,6-9,11-12H2,1H3. The second kappa shape index (κ2) is 6.96. The van der Waals surface area contributed by atoms with Crippen LogP contribution in [0.3, 0.4) is 0 Å². The third-order valence-corrected chi connectivity index (χ3v) is 5.00. The average Bonchev–Trinajstić information content (AvgIpc) is 3.36. The fourth-order valence-corrected chi connectivity index (χ4v) is 3.64. The van der Waals surface area contributed by atoms with Crippen LogP contribution in [-0.2, 0) is 6.54 Å². The highest BCUT2D eigenvalue weighted by atomic mass is 19.1. The Bertz CT molecular complexity index is 720. The molecule has 4 rings (SSSR count). The van der Waals surface area contributed by atoms with Crippen LogP contribution in [0.4, 0.5) is 10.2 Å². The molecule has 2 aliphatic rings. The Hall–Kier alpha value is -2.21. The van der Waals surface area contributed by atoms with Crippen molar-refractivity contribution in [2.75, 3.05) is 25.1 Å². The highest BCUT2D eigenvalue weighted by molar-refractivity contribution is 5.45. The van der Waals surface area contributed by atoms with Gasteiger partial charge >= 0.3 is 0 Å². The third kappa shape index (κ3) is 3.74. The number of anilines is 1. The molecule has 0 spiro atoms. The number of hydrogen-bond acceptors (Lipinski definition) is 5. The molecule has 1 aliphatic carbocycles. The first-order valence-electron chi connectivity index (χ1n) is 8.84. The minimum Gasteiger partial charge on any atom is -0.481 e. The molecule has 132 valence electrons. The zero-order chi connectivity index (χ0) is 17.2. The van der Waals surface area contributed by atoms with Crippen molar-refractivity contribution in [3.8, 4) is 5.88 Å². The maximum atomic E-state index is 13.1. The van der Waals surface area contributed by atoms with Crippen molar-refractivity contribution in [2.24, 2.45) is 0 Å². The SMILES string of the molecule is COc1cc(N(C2CC2)C2CCN(Cc3ccc(F)cc3)C2)ncn1. The summed E-state index contributed by atoms with van der Waals surface area (Å²) in [6, 6.07) is 9.77. The fourth-order valence-electron chi connectivity index (χ4n) is 3.64. The zero-order valence-corrected chi connectivity index (χ0v) is 14.4. The molecule has 1 aliphatic heterocycles. The normalized spacial score (nSPS) is 20.6. The summed E-state index contributed by atoms with van der Waals surface area (Å²) in [4.78, 5) is 13.5. The number of rotatable bonds is 6. The predicted molar refractivity (Wildman–Crippen MR) is 94.2 cm³/mol. The highest BCUT2D eigenvalue weighted by Crippen LogP contribution is 2.35. The molecule has 5 nitrogen and oxygen atoms in total. The Morgan fingerprint density at radius 1 is 1.16 bits per heavy atom. The minimum absolute atomic E-state index is 0.180. The van der Waals surface area contributed by atoms with E-state index in [9.17, 15) is 4.39 Å². The largest absolute Gasteiger partial charge is 0.481 e. The van der Waals surface area contributed by atoms with Crippen molar-refractivity contribution in [1.82, 2.24) is 14.9 Å². The van der Waals surface area contributed by atoms with Crippen molar-refractivity contribution in [3.63, 3.8) is 0 Å². The number of halogens is 1. The van der Waals surface area contributed by atoms with Crippen LogP contribution in [0, 0.1) is 5.82 Å². The fraction of sp³-hybridized carbons (Fsp3) is 0.474. The summed E-state index contributed by atoms with van der Waals surface area (Å²) in [5, 5.41) is 0. The van der Waals surface area contributed by atoms with Crippen LogP contribution in [0.5, 0.6) is 5.88 Å². The van der Waals surface area contributed by atoms with E-state index in [0.29, 0.717) is 18.0 Å². The second-order valence-electron chi connectivity index (χ2n) is 6.86. The quantitative estimate of drug-likeness (QED) is 0.807. The van der Waals surface area contributed by atoms with Gasteiger partial charge in [0, 0.05) is 37.8 Å². The van der Waals surface area contributed by atoms with Gasteiger partial charge in [-0.3, -0.25) is 4.90 Å². The summed E-state index contributed by atoms with van der Waals surface area (Å²) in [5.41, 5.74) is 1.16. The summed E-state index contributed by atoms with van der Waals surface area (Å²) in [6.45, 7) is 2.91. The van der Waals surface area contributed by atoms with E-state index < -0.39 is 0 Å². The molecule has 0 amide bonds. The Labute approximate surface area is 147 Å². The molecule has 25 heavy (non-hydrogen) atoms. The number of aromatic nitrogens is 2. The molecule has 1 aromatic heterocycles. The highest BCUT2D eigenvalue weighted by Gasteiger charge is 2.38. The molecule has 2 fully saturated rings. The first-order valence-corrected chi connectivity index (χ1v) is 8.84. The van der Waals surface area contributed by atoms with Crippen molar-refractivity contribution in [2.45, 2.75) is 37.9 Å². The number of ether oxygens (including phenoxy) is 1. The molecular formula is C19H23FN4O. The van der Waals surface area contributed by atoms with E-state index >= 15 is 0 Å². The molecule has 1 saturated carbocycles. The van der Waals surface area contributed by atoms with Crippen LogP contribution >= 0.6 is 0 Å². The molecule has 0 radical (unpaired) electrons. The van der Waals surface area contributed by atoms with Crippen LogP contribution in [0.1, 0.15) is 24.8 Å². The van der Waals surface area contributed by atoms with E-state index in [2.05, 4.69) is 19.8 Å². The Kier molecular flexibility index (Phi) is 4.53. The predicted octanol–water partition coefficient (Wildman–Crippen LogP) is 2.87. The van der Waals surface area contributed by atoms with Gasteiger partial charge in [-0.1, -0.05) is 12.1 Å². The van der Waals surface area contributed by atoms with E-state index in [1.165, 1.54) is 25.0 Å². The third-order valence-electron chi connectivity index (χ3n) is 5.00. The summed E-state index contributed by atoms with van der Waals surface area (Å²) in [7, 11) is 1.63. The van der Waals surface area contributed by atoms with Crippen LogP contribution in [0.15, 0.2) is 36.7 Å². The molecule has 2 heterocycles. The smallest absolute Gasteiger partial charge is 0.218 e. The summed E-state index contributed by atoms with van der Waals surface area (Å²) in [6.07, 6.45) is 5.14.